The molecule has 0 N–H and O–H groups in total. The van der Waals surface area contributed by atoms with Crippen LogP contribution < -0.4 is 15.9 Å². The molecule has 0 aliphatic carbocycles. The molecule has 3 heteroatoms. The molecule has 1 aromatic heterocycles. The fourth-order valence-electron chi connectivity index (χ4n) is 3.43. The van der Waals surface area contributed by atoms with Crippen LogP contribution in [0.25, 0.3) is 0 Å². The van der Waals surface area contributed by atoms with Crippen molar-refractivity contribution in [3.8, 4) is 0 Å². The van der Waals surface area contributed by atoms with E-state index in [1.54, 1.807) is 6.20 Å². The summed E-state index contributed by atoms with van der Waals surface area (Å²) in [6.45, 7) is 0. The minimum atomic E-state index is -1.88. The standard InChI is InChI=1S/C23H20N2P/c1-4-12-21(13-5-1)26(22-14-6-2-7-15-22,23-16-8-3-9-17-23)19-20-11-10-18-24-25-20/h1-18H,19H2/q+1. The van der Waals surface area contributed by atoms with Crippen molar-refractivity contribution in [1.82, 2.24) is 10.2 Å². The number of nitrogens with zero attached hydrogens (tertiary/aromatic N) is 2. The van der Waals surface area contributed by atoms with E-state index in [9.17, 15) is 0 Å². The van der Waals surface area contributed by atoms with Crippen LogP contribution in [0.1, 0.15) is 5.69 Å². The van der Waals surface area contributed by atoms with Crippen molar-refractivity contribution in [3.63, 3.8) is 0 Å². The molecule has 1 heterocycles. The van der Waals surface area contributed by atoms with E-state index in [1.165, 1.54) is 15.9 Å². The van der Waals surface area contributed by atoms with Crippen LogP contribution in [0.3, 0.4) is 0 Å². The third-order valence-electron chi connectivity index (χ3n) is 4.62. The molecule has 3 aromatic carbocycles. The van der Waals surface area contributed by atoms with E-state index in [0.29, 0.717) is 0 Å². The molecule has 2 nitrogen and oxygen atoms in total. The van der Waals surface area contributed by atoms with Crippen LogP contribution in [0.5, 0.6) is 0 Å². The van der Waals surface area contributed by atoms with Crippen molar-refractivity contribution in [2.24, 2.45) is 0 Å². The average molecular weight is 355 g/mol. The van der Waals surface area contributed by atoms with Gasteiger partial charge in [-0.25, -0.2) is 0 Å². The van der Waals surface area contributed by atoms with Crippen molar-refractivity contribution in [2.75, 3.05) is 0 Å². The smallest absolute Gasteiger partial charge is 0.118 e. The number of aromatic nitrogens is 2. The van der Waals surface area contributed by atoms with E-state index in [1.807, 2.05) is 6.07 Å². The van der Waals surface area contributed by atoms with Crippen LogP contribution >= 0.6 is 7.26 Å². The van der Waals surface area contributed by atoms with E-state index < -0.39 is 7.26 Å². The molecule has 126 valence electrons. The summed E-state index contributed by atoms with van der Waals surface area (Å²) in [6, 6.07) is 36.6. The molecule has 26 heavy (non-hydrogen) atoms. The van der Waals surface area contributed by atoms with Crippen molar-refractivity contribution in [3.05, 3.63) is 115 Å². The van der Waals surface area contributed by atoms with Gasteiger partial charge in [0.2, 0.25) is 0 Å². The summed E-state index contributed by atoms with van der Waals surface area (Å²) < 4.78 is 0. The molecular formula is C23H20N2P+. The van der Waals surface area contributed by atoms with Crippen LogP contribution in [-0.4, -0.2) is 10.2 Å². The molecule has 4 rings (SSSR count). The van der Waals surface area contributed by atoms with E-state index in [-0.39, 0.29) is 0 Å². The van der Waals surface area contributed by atoms with Gasteiger partial charge in [-0.3, -0.25) is 0 Å². The summed E-state index contributed by atoms with van der Waals surface area (Å²) in [5.41, 5.74) is 1.03. The molecule has 0 unspecified atom stereocenters. The Labute approximate surface area is 154 Å². The van der Waals surface area contributed by atoms with E-state index in [0.717, 1.165) is 11.9 Å². The summed E-state index contributed by atoms with van der Waals surface area (Å²) in [4.78, 5) is 0. The topological polar surface area (TPSA) is 25.8 Å². The normalized spacial score (nSPS) is 11.2. The van der Waals surface area contributed by atoms with Gasteiger partial charge in [0.25, 0.3) is 0 Å². The summed E-state index contributed by atoms with van der Waals surface area (Å²) in [5, 5.41) is 12.6. The van der Waals surface area contributed by atoms with Crippen LogP contribution in [0.2, 0.25) is 0 Å². The quantitative estimate of drug-likeness (QED) is 0.506. The van der Waals surface area contributed by atoms with Crippen molar-refractivity contribution >= 4 is 23.2 Å². The highest BCUT2D eigenvalue weighted by atomic mass is 31.2. The third-order valence-corrected chi connectivity index (χ3v) is 8.95. The van der Waals surface area contributed by atoms with Crippen LogP contribution in [0, 0.1) is 0 Å². The summed E-state index contributed by atoms with van der Waals surface area (Å²) in [6.07, 6.45) is 2.59. The number of hydrogen-bond donors (Lipinski definition) is 0. The van der Waals surface area contributed by atoms with Crippen molar-refractivity contribution < 1.29 is 0 Å². The number of hydrogen-bond acceptors (Lipinski definition) is 2. The molecule has 4 aromatic rings. The fraction of sp³-hybridized carbons (Fsp3) is 0.0435. The number of benzene rings is 3. The second-order valence-corrected chi connectivity index (χ2v) is 9.67. The van der Waals surface area contributed by atoms with Gasteiger partial charge >= 0.3 is 0 Å². The average Bonchev–Trinajstić information content (AvgIpc) is 2.75. The first-order valence-electron chi connectivity index (χ1n) is 8.71. The van der Waals surface area contributed by atoms with Gasteiger partial charge in [-0.05, 0) is 48.5 Å². The summed E-state index contributed by atoms with van der Waals surface area (Å²) in [5.74, 6) is 0. The van der Waals surface area contributed by atoms with E-state index in [4.69, 9.17) is 0 Å². The Morgan fingerprint density at radius 1 is 0.538 bits per heavy atom. The molecule has 0 aliphatic heterocycles. The Morgan fingerprint density at radius 2 is 1.00 bits per heavy atom. The molecule has 0 amide bonds. The lowest BCUT2D eigenvalue weighted by Crippen LogP contribution is -2.32. The number of rotatable bonds is 5. The highest BCUT2D eigenvalue weighted by molar-refractivity contribution is 7.95. The predicted molar refractivity (Wildman–Crippen MR) is 111 cm³/mol. The van der Waals surface area contributed by atoms with Crippen LogP contribution in [0.4, 0.5) is 0 Å². The monoisotopic (exact) mass is 355 g/mol. The zero-order valence-corrected chi connectivity index (χ0v) is 15.3. The van der Waals surface area contributed by atoms with Crippen molar-refractivity contribution in [1.29, 1.82) is 0 Å². The highest BCUT2D eigenvalue weighted by Crippen LogP contribution is 2.57. The zero-order chi connectivity index (χ0) is 17.7. The predicted octanol–water partition coefficient (Wildman–Crippen LogP) is 3.97. The van der Waals surface area contributed by atoms with E-state index in [2.05, 4.69) is 107 Å². The van der Waals surface area contributed by atoms with Gasteiger partial charge in [-0.15, -0.1) is 0 Å². The van der Waals surface area contributed by atoms with Crippen LogP contribution in [-0.2, 0) is 6.16 Å². The summed E-state index contributed by atoms with van der Waals surface area (Å²) >= 11 is 0. The van der Waals surface area contributed by atoms with Crippen LogP contribution in [0.15, 0.2) is 109 Å². The first kappa shape index (κ1) is 16.6. The maximum atomic E-state index is 4.42. The third kappa shape index (κ3) is 3.16. The second-order valence-electron chi connectivity index (χ2n) is 6.19. The lowest BCUT2D eigenvalue weighted by molar-refractivity contribution is 0.968. The molecule has 0 atom stereocenters. The Bertz CT molecular complexity index is 846. The van der Waals surface area contributed by atoms with Gasteiger partial charge in [-0.2, -0.15) is 10.2 Å². The maximum absolute atomic E-state index is 4.42. The largest absolute Gasteiger partial charge is 0.159 e. The lowest BCUT2D eigenvalue weighted by Gasteiger charge is -2.27. The Hall–Kier alpha value is -2.83. The fourth-order valence-corrected chi connectivity index (χ4v) is 7.57. The zero-order valence-electron chi connectivity index (χ0n) is 14.4. The molecule has 0 radical (unpaired) electrons. The van der Waals surface area contributed by atoms with Gasteiger partial charge in [-0.1, -0.05) is 54.6 Å². The van der Waals surface area contributed by atoms with Crippen molar-refractivity contribution in [2.45, 2.75) is 6.16 Å². The Balaban J connectivity index is 2.00. The Morgan fingerprint density at radius 3 is 1.38 bits per heavy atom. The molecule has 0 fully saturated rings. The van der Waals surface area contributed by atoms with Gasteiger partial charge in [0.1, 0.15) is 35.0 Å². The summed E-state index contributed by atoms with van der Waals surface area (Å²) in [7, 11) is -1.88. The minimum absolute atomic E-state index is 0.860. The van der Waals surface area contributed by atoms with Gasteiger partial charge < -0.3 is 0 Å². The molecule has 0 saturated heterocycles. The first-order chi connectivity index (χ1) is 12.9. The molecular weight excluding hydrogens is 335 g/mol. The van der Waals surface area contributed by atoms with Gasteiger partial charge in [0.05, 0.1) is 0 Å². The molecule has 0 bridgehead atoms. The minimum Gasteiger partial charge on any atom is -0.159 e. The molecule has 0 saturated carbocycles. The lowest BCUT2D eigenvalue weighted by atomic mass is 10.3. The molecule has 0 spiro atoms. The Kier molecular flexibility index (Phi) is 4.86. The second kappa shape index (κ2) is 7.59. The first-order valence-corrected chi connectivity index (χ1v) is 10.7. The molecule has 0 aliphatic rings. The SMILES string of the molecule is c1ccc([P+](Cc2cccnn2)(c2ccccc2)c2ccccc2)cc1. The van der Waals surface area contributed by atoms with Gasteiger partial charge in [0, 0.05) is 6.20 Å². The van der Waals surface area contributed by atoms with E-state index >= 15 is 0 Å². The van der Waals surface area contributed by atoms with Gasteiger partial charge in [0.15, 0.2) is 0 Å². The highest BCUT2D eigenvalue weighted by Gasteiger charge is 2.45. The maximum Gasteiger partial charge on any atom is 0.118 e.